The maximum Gasteiger partial charge on any atom is 0.573 e. The van der Waals surface area contributed by atoms with Crippen molar-refractivity contribution in [1.82, 2.24) is 0 Å². The monoisotopic (exact) mass is 468 g/mol. The average Bonchev–Trinajstić information content (AvgIpc) is 2.83. The highest BCUT2D eigenvalue weighted by molar-refractivity contribution is 5.27. The first-order chi connectivity index (χ1) is 15.9. The molecule has 2 aliphatic carbocycles. The van der Waals surface area contributed by atoms with Crippen LogP contribution in [0.15, 0.2) is 24.3 Å². The lowest BCUT2D eigenvalue weighted by Gasteiger charge is -2.38. The molecule has 0 atom stereocenters. The van der Waals surface area contributed by atoms with Crippen molar-refractivity contribution in [2.75, 3.05) is 13.2 Å². The molecule has 3 nitrogen and oxygen atoms in total. The Labute approximate surface area is 196 Å². The summed E-state index contributed by atoms with van der Waals surface area (Å²) in [6, 6.07) is 6.37. The molecule has 3 fully saturated rings. The van der Waals surface area contributed by atoms with Crippen molar-refractivity contribution in [3.63, 3.8) is 0 Å². The molecule has 2 saturated carbocycles. The van der Waals surface area contributed by atoms with E-state index < -0.39 is 6.36 Å². The topological polar surface area (TPSA) is 27.7 Å². The van der Waals surface area contributed by atoms with Crippen LogP contribution in [0.4, 0.5) is 13.2 Å². The van der Waals surface area contributed by atoms with Gasteiger partial charge in [0.05, 0.1) is 13.2 Å². The summed E-state index contributed by atoms with van der Waals surface area (Å²) >= 11 is 0. The number of alkyl halides is 3. The first-order valence-electron chi connectivity index (χ1n) is 13.0. The number of ether oxygens (including phenoxy) is 3. The molecule has 1 saturated heterocycles. The lowest BCUT2D eigenvalue weighted by atomic mass is 9.68. The Morgan fingerprint density at radius 1 is 0.727 bits per heavy atom. The predicted octanol–water partition coefficient (Wildman–Crippen LogP) is 7.67. The fourth-order valence-corrected chi connectivity index (χ4v) is 6.20. The quantitative estimate of drug-likeness (QED) is 0.392. The Bertz CT molecular complexity index is 684. The van der Waals surface area contributed by atoms with E-state index in [2.05, 4.69) is 4.74 Å². The van der Waals surface area contributed by atoms with Crippen LogP contribution in [-0.4, -0.2) is 25.9 Å². The van der Waals surface area contributed by atoms with E-state index in [-0.39, 0.29) is 12.0 Å². The number of rotatable bonds is 8. The van der Waals surface area contributed by atoms with Gasteiger partial charge in [0.2, 0.25) is 0 Å². The summed E-state index contributed by atoms with van der Waals surface area (Å²) in [4.78, 5) is 0. The molecule has 0 radical (unpaired) electrons. The third-order valence-electron chi connectivity index (χ3n) is 8.15. The van der Waals surface area contributed by atoms with Gasteiger partial charge in [-0.3, -0.25) is 0 Å². The maximum absolute atomic E-state index is 12.3. The Morgan fingerprint density at radius 2 is 1.27 bits per heavy atom. The molecule has 0 bridgehead atoms. The molecule has 1 aromatic carbocycles. The Kier molecular flexibility index (Phi) is 8.98. The molecular weight excluding hydrogens is 429 g/mol. The summed E-state index contributed by atoms with van der Waals surface area (Å²) in [5.74, 6) is 3.26. The highest BCUT2D eigenvalue weighted by atomic mass is 19.4. The lowest BCUT2D eigenvalue weighted by Crippen LogP contribution is -2.28. The Morgan fingerprint density at radius 3 is 1.82 bits per heavy atom. The molecule has 4 rings (SSSR count). The Balaban J connectivity index is 1.10. The van der Waals surface area contributed by atoms with Crippen LogP contribution in [0.25, 0.3) is 0 Å². The van der Waals surface area contributed by atoms with Crippen molar-refractivity contribution in [3.8, 4) is 5.75 Å². The predicted molar refractivity (Wildman–Crippen MR) is 122 cm³/mol. The summed E-state index contributed by atoms with van der Waals surface area (Å²) in [6.45, 7) is 1.70. The van der Waals surface area contributed by atoms with Crippen LogP contribution in [0, 0.1) is 23.7 Å². The largest absolute Gasteiger partial charge is 0.573 e. The number of hydrogen-bond acceptors (Lipinski definition) is 3. The third kappa shape index (κ3) is 8.17. The molecule has 33 heavy (non-hydrogen) atoms. The van der Waals surface area contributed by atoms with Crippen molar-refractivity contribution >= 4 is 0 Å². The van der Waals surface area contributed by atoms with Crippen LogP contribution < -0.4 is 4.74 Å². The zero-order valence-corrected chi connectivity index (χ0v) is 19.7. The van der Waals surface area contributed by atoms with Gasteiger partial charge >= 0.3 is 6.36 Å². The van der Waals surface area contributed by atoms with Crippen molar-refractivity contribution in [2.24, 2.45) is 23.7 Å². The van der Waals surface area contributed by atoms with Crippen molar-refractivity contribution in [2.45, 2.75) is 96.1 Å². The second-order valence-corrected chi connectivity index (χ2v) is 10.4. The first-order valence-corrected chi connectivity index (χ1v) is 13.0. The normalized spacial score (nSPS) is 29.7. The minimum absolute atomic E-state index is 0.0397. The molecule has 0 spiro atoms. The van der Waals surface area contributed by atoms with Crippen LogP contribution in [0.5, 0.6) is 5.75 Å². The second-order valence-electron chi connectivity index (χ2n) is 10.4. The van der Waals surface area contributed by atoms with E-state index in [0.29, 0.717) is 0 Å². The highest BCUT2D eigenvalue weighted by Crippen LogP contribution is 2.43. The molecule has 186 valence electrons. The fraction of sp³-hybridized carbons (Fsp3) is 0.778. The maximum atomic E-state index is 12.3. The van der Waals surface area contributed by atoms with Gasteiger partial charge in [-0.05, 0) is 99.2 Å². The molecule has 1 aliphatic heterocycles. The van der Waals surface area contributed by atoms with E-state index in [1.165, 1.54) is 69.9 Å². The van der Waals surface area contributed by atoms with E-state index in [0.717, 1.165) is 68.1 Å². The summed E-state index contributed by atoms with van der Waals surface area (Å²) in [5, 5.41) is 0. The van der Waals surface area contributed by atoms with Crippen LogP contribution in [0.2, 0.25) is 0 Å². The zero-order chi connectivity index (χ0) is 23.1. The van der Waals surface area contributed by atoms with Gasteiger partial charge in [0.1, 0.15) is 5.75 Å². The second kappa shape index (κ2) is 11.9. The minimum Gasteiger partial charge on any atom is -0.406 e. The fourth-order valence-electron chi connectivity index (χ4n) is 6.20. The molecule has 0 amide bonds. The molecular formula is C27H39F3O3. The summed E-state index contributed by atoms with van der Waals surface area (Å²) in [6.07, 6.45) is 11.6. The van der Waals surface area contributed by atoms with Crippen molar-refractivity contribution < 1.29 is 27.4 Å². The molecule has 1 heterocycles. The summed E-state index contributed by atoms with van der Waals surface area (Å²) in [5.41, 5.74) is 1.09. The van der Waals surface area contributed by atoms with E-state index in [4.69, 9.17) is 9.47 Å². The number of halogens is 3. The molecule has 0 aromatic heterocycles. The van der Waals surface area contributed by atoms with Crippen molar-refractivity contribution in [1.29, 1.82) is 0 Å². The van der Waals surface area contributed by atoms with Crippen LogP contribution in [0.1, 0.15) is 82.6 Å². The van der Waals surface area contributed by atoms with Crippen LogP contribution >= 0.6 is 0 Å². The van der Waals surface area contributed by atoms with Gasteiger partial charge in [0.15, 0.2) is 6.29 Å². The van der Waals surface area contributed by atoms with Crippen molar-refractivity contribution in [3.05, 3.63) is 29.8 Å². The minimum atomic E-state index is -4.63. The SMILES string of the molecule is FC(F)(F)Oc1ccc(CCC2CCC(C3CCC(CCC4OCCCO4)CC3)CC2)cc1. The van der Waals surface area contributed by atoms with Gasteiger partial charge in [-0.1, -0.05) is 37.8 Å². The van der Waals surface area contributed by atoms with Gasteiger partial charge in [0, 0.05) is 0 Å². The van der Waals surface area contributed by atoms with Gasteiger partial charge in [-0.15, -0.1) is 13.2 Å². The van der Waals surface area contributed by atoms with Gasteiger partial charge in [-0.2, -0.15) is 0 Å². The van der Waals surface area contributed by atoms with E-state index in [1.807, 2.05) is 0 Å². The third-order valence-corrected chi connectivity index (χ3v) is 8.15. The highest BCUT2D eigenvalue weighted by Gasteiger charge is 2.32. The summed E-state index contributed by atoms with van der Waals surface area (Å²) in [7, 11) is 0. The average molecular weight is 469 g/mol. The van der Waals surface area contributed by atoms with Crippen LogP contribution in [0.3, 0.4) is 0 Å². The van der Waals surface area contributed by atoms with E-state index >= 15 is 0 Å². The van der Waals surface area contributed by atoms with Crippen LogP contribution in [-0.2, 0) is 15.9 Å². The van der Waals surface area contributed by atoms with E-state index in [1.54, 1.807) is 12.1 Å². The standard InChI is InChI=1S/C27H39F3O3/c28-27(29,30)33-25-15-8-21(9-16-25)3-2-20-4-11-23(12-5-20)24-13-6-22(7-14-24)10-17-26-31-18-1-19-32-26/h8-9,15-16,20,22-24,26H,1-7,10-14,17-19H2. The smallest absolute Gasteiger partial charge is 0.406 e. The number of aryl methyl sites for hydroxylation is 1. The number of benzene rings is 1. The number of hydrogen-bond donors (Lipinski definition) is 0. The molecule has 3 aliphatic rings. The molecule has 1 aromatic rings. The van der Waals surface area contributed by atoms with Gasteiger partial charge in [0.25, 0.3) is 0 Å². The molecule has 6 heteroatoms. The Hall–Kier alpha value is -1.27. The first kappa shape index (κ1) is 24.8. The summed E-state index contributed by atoms with van der Waals surface area (Å²) < 4.78 is 52.2. The van der Waals surface area contributed by atoms with E-state index in [9.17, 15) is 13.2 Å². The molecule has 0 unspecified atom stereocenters. The zero-order valence-electron chi connectivity index (χ0n) is 19.7. The molecule has 0 N–H and O–H groups in total. The van der Waals surface area contributed by atoms with Gasteiger partial charge in [-0.25, -0.2) is 0 Å². The lowest BCUT2D eigenvalue weighted by molar-refractivity contribution is -0.274. The van der Waals surface area contributed by atoms with Gasteiger partial charge < -0.3 is 14.2 Å².